The largest absolute Gasteiger partial charge is 0.457 e. The van der Waals surface area contributed by atoms with E-state index in [0.29, 0.717) is 17.9 Å². The maximum atomic E-state index is 12.8. The minimum Gasteiger partial charge on any atom is -0.457 e. The van der Waals surface area contributed by atoms with Gasteiger partial charge in [-0.2, -0.15) is 9.78 Å². The van der Waals surface area contributed by atoms with Gasteiger partial charge in [0, 0.05) is 13.6 Å². The van der Waals surface area contributed by atoms with Gasteiger partial charge in [0.2, 0.25) is 0 Å². The molecule has 1 amide bonds. The lowest BCUT2D eigenvalue weighted by molar-refractivity contribution is 0.0785. The average molecular weight is 375 g/mol. The van der Waals surface area contributed by atoms with Crippen LogP contribution in [0.15, 0.2) is 67.1 Å². The number of nitrogens with zero attached hydrogens (tertiary/aromatic N) is 6. The van der Waals surface area contributed by atoms with Crippen molar-refractivity contribution in [1.29, 1.82) is 0 Å². The van der Waals surface area contributed by atoms with Gasteiger partial charge >= 0.3 is 0 Å². The highest BCUT2D eigenvalue weighted by molar-refractivity contribution is 5.96. The summed E-state index contributed by atoms with van der Waals surface area (Å²) in [6, 6.07) is 17.2. The molecule has 0 saturated carbocycles. The summed E-state index contributed by atoms with van der Waals surface area (Å²) in [6.07, 6.45) is 2.86. The van der Waals surface area contributed by atoms with E-state index < -0.39 is 0 Å². The number of carbonyl (C=O) groups is 1. The van der Waals surface area contributed by atoms with Crippen molar-refractivity contribution in [2.24, 2.45) is 0 Å². The van der Waals surface area contributed by atoms with Crippen LogP contribution in [0.25, 0.3) is 5.82 Å². The topological polar surface area (TPSA) is 102 Å². The molecule has 0 fully saturated rings. The van der Waals surface area contributed by atoms with E-state index in [1.807, 2.05) is 54.6 Å². The number of rotatable bonds is 6. The van der Waals surface area contributed by atoms with Crippen LogP contribution in [-0.2, 0) is 6.54 Å². The summed E-state index contributed by atoms with van der Waals surface area (Å²) >= 11 is 0. The van der Waals surface area contributed by atoms with Crippen molar-refractivity contribution in [3.8, 4) is 17.3 Å². The highest BCUT2D eigenvalue weighted by Gasteiger charge is 2.20. The Morgan fingerprint density at radius 1 is 1.11 bits per heavy atom. The number of nitrogens with one attached hydrogen (secondary N) is 1. The Bertz CT molecular complexity index is 1040. The number of benzene rings is 2. The average Bonchev–Trinajstić information content (AvgIpc) is 3.41. The van der Waals surface area contributed by atoms with Crippen molar-refractivity contribution < 1.29 is 9.53 Å². The Kier molecular flexibility index (Phi) is 4.79. The van der Waals surface area contributed by atoms with Gasteiger partial charge in [0.25, 0.3) is 5.91 Å². The number of ether oxygens (including phenoxy) is 1. The van der Waals surface area contributed by atoms with E-state index in [1.54, 1.807) is 11.9 Å². The minimum atomic E-state index is -0.191. The Morgan fingerprint density at radius 3 is 2.57 bits per heavy atom. The zero-order chi connectivity index (χ0) is 19.3. The molecule has 2 heterocycles. The van der Waals surface area contributed by atoms with Gasteiger partial charge in [0.1, 0.15) is 23.4 Å². The number of para-hydroxylation sites is 1. The monoisotopic (exact) mass is 375 g/mol. The molecule has 28 heavy (non-hydrogen) atoms. The van der Waals surface area contributed by atoms with E-state index in [9.17, 15) is 4.79 Å². The molecule has 0 aliphatic rings. The summed E-state index contributed by atoms with van der Waals surface area (Å²) in [5.74, 6) is 1.75. The molecular weight excluding hydrogens is 358 g/mol. The van der Waals surface area contributed by atoms with Crippen LogP contribution in [0.2, 0.25) is 0 Å². The molecule has 4 rings (SSSR count). The predicted molar refractivity (Wildman–Crippen MR) is 100 cm³/mol. The highest BCUT2D eigenvalue weighted by atomic mass is 16.5. The number of amides is 1. The number of tetrazole rings is 1. The van der Waals surface area contributed by atoms with Crippen LogP contribution in [0.4, 0.5) is 0 Å². The van der Waals surface area contributed by atoms with Gasteiger partial charge in [-0.1, -0.05) is 30.3 Å². The normalized spacial score (nSPS) is 10.6. The molecule has 0 aliphatic heterocycles. The molecule has 0 bridgehead atoms. The third-order valence-corrected chi connectivity index (χ3v) is 4.10. The van der Waals surface area contributed by atoms with Crippen LogP contribution in [0, 0.1) is 0 Å². The van der Waals surface area contributed by atoms with Crippen molar-refractivity contribution >= 4 is 5.91 Å². The van der Waals surface area contributed by atoms with E-state index in [-0.39, 0.29) is 5.91 Å². The number of hydrogen-bond acceptors (Lipinski definition) is 6. The van der Waals surface area contributed by atoms with Gasteiger partial charge in [-0.05, 0) is 40.3 Å². The molecule has 2 aromatic carbocycles. The summed E-state index contributed by atoms with van der Waals surface area (Å²) < 4.78 is 7.15. The summed E-state index contributed by atoms with van der Waals surface area (Å²) in [5.41, 5.74) is 1.36. The van der Waals surface area contributed by atoms with Crippen LogP contribution in [0.3, 0.4) is 0 Å². The summed E-state index contributed by atoms with van der Waals surface area (Å²) in [6.45, 7) is 0.435. The molecule has 0 aliphatic carbocycles. The van der Waals surface area contributed by atoms with E-state index in [4.69, 9.17) is 4.74 Å². The van der Waals surface area contributed by atoms with Gasteiger partial charge < -0.3 is 9.64 Å². The smallest absolute Gasteiger partial charge is 0.259 e. The van der Waals surface area contributed by atoms with Crippen LogP contribution >= 0.6 is 0 Å². The molecule has 0 radical (unpaired) electrons. The third-order valence-electron chi connectivity index (χ3n) is 4.10. The SMILES string of the molecule is CN(Cc1ccc(Oc2ccccc2)cc1)C(=O)c1cn[nH]c1-n1cnnn1. The Labute approximate surface area is 160 Å². The molecule has 0 atom stereocenters. The molecule has 0 saturated heterocycles. The Hall–Kier alpha value is -4.01. The number of carbonyl (C=O) groups excluding carboxylic acids is 1. The lowest BCUT2D eigenvalue weighted by Gasteiger charge is -2.17. The first-order chi connectivity index (χ1) is 13.7. The van der Waals surface area contributed by atoms with Crippen LogP contribution in [0.1, 0.15) is 15.9 Å². The lowest BCUT2D eigenvalue weighted by atomic mass is 10.2. The molecule has 0 spiro atoms. The predicted octanol–water partition coefficient (Wildman–Crippen LogP) is 2.45. The fourth-order valence-corrected chi connectivity index (χ4v) is 2.71. The van der Waals surface area contributed by atoms with Crippen molar-refractivity contribution in [1.82, 2.24) is 35.3 Å². The molecule has 2 aromatic heterocycles. The fraction of sp³-hybridized carbons (Fsp3) is 0.105. The Balaban J connectivity index is 1.43. The molecule has 140 valence electrons. The zero-order valence-corrected chi connectivity index (χ0v) is 15.1. The van der Waals surface area contributed by atoms with Gasteiger partial charge in [-0.15, -0.1) is 5.10 Å². The second-order valence-electron chi connectivity index (χ2n) is 6.11. The summed E-state index contributed by atoms with van der Waals surface area (Å²) in [5, 5.41) is 17.6. The van der Waals surface area contributed by atoms with E-state index in [1.165, 1.54) is 17.2 Å². The van der Waals surface area contributed by atoms with Crippen LogP contribution in [0.5, 0.6) is 11.5 Å². The zero-order valence-electron chi connectivity index (χ0n) is 15.1. The third kappa shape index (κ3) is 3.73. The van der Waals surface area contributed by atoms with E-state index in [2.05, 4.69) is 25.7 Å². The van der Waals surface area contributed by atoms with Gasteiger partial charge in [0.05, 0.1) is 6.20 Å². The van der Waals surface area contributed by atoms with Crippen molar-refractivity contribution in [2.45, 2.75) is 6.54 Å². The quantitative estimate of drug-likeness (QED) is 0.555. The molecule has 4 aromatic rings. The van der Waals surface area contributed by atoms with Gasteiger partial charge in [-0.3, -0.25) is 9.89 Å². The maximum absolute atomic E-state index is 12.8. The summed E-state index contributed by atoms with van der Waals surface area (Å²) in [4.78, 5) is 14.4. The standard InChI is InChI=1S/C19H17N7O2/c1-25(19(27)17-11-20-22-18(17)26-13-21-23-24-26)12-14-7-9-16(10-8-14)28-15-5-3-2-4-6-15/h2-11,13H,12H2,1H3,(H,20,22). The number of aromatic amines is 1. The Morgan fingerprint density at radius 2 is 1.86 bits per heavy atom. The first-order valence-corrected chi connectivity index (χ1v) is 8.55. The molecule has 9 nitrogen and oxygen atoms in total. The number of H-pyrrole nitrogens is 1. The molecule has 1 N–H and O–H groups in total. The maximum Gasteiger partial charge on any atom is 0.259 e. The highest BCUT2D eigenvalue weighted by Crippen LogP contribution is 2.22. The molecule has 0 unspecified atom stereocenters. The first-order valence-electron chi connectivity index (χ1n) is 8.55. The van der Waals surface area contributed by atoms with Gasteiger partial charge in [-0.25, -0.2) is 0 Å². The second-order valence-corrected chi connectivity index (χ2v) is 6.11. The van der Waals surface area contributed by atoms with Gasteiger partial charge in [0.15, 0.2) is 5.82 Å². The van der Waals surface area contributed by atoms with E-state index >= 15 is 0 Å². The lowest BCUT2D eigenvalue weighted by Crippen LogP contribution is -2.27. The molecular formula is C19H17N7O2. The van der Waals surface area contributed by atoms with Crippen molar-refractivity contribution in [3.05, 3.63) is 78.2 Å². The summed E-state index contributed by atoms with van der Waals surface area (Å²) in [7, 11) is 1.73. The van der Waals surface area contributed by atoms with Crippen molar-refractivity contribution in [2.75, 3.05) is 7.05 Å². The first kappa shape index (κ1) is 17.4. The molecule has 9 heteroatoms. The van der Waals surface area contributed by atoms with Crippen LogP contribution < -0.4 is 4.74 Å². The number of aromatic nitrogens is 6. The number of hydrogen-bond donors (Lipinski definition) is 1. The van der Waals surface area contributed by atoms with Crippen LogP contribution in [-0.4, -0.2) is 48.3 Å². The van der Waals surface area contributed by atoms with Crippen molar-refractivity contribution in [3.63, 3.8) is 0 Å². The fourth-order valence-electron chi connectivity index (χ4n) is 2.71. The van der Waals surface area contributed by atoms with E-state index in [0.717, 1.165) is 17.1 Å². The second kappa shape index (κ2) is 7.70. The minimum absolute atomic E-state index is 0.191.